The Morgan fingerprint density at radius 3 is 2.44 bits per heavy atom. The van der Waals surface area contributed by atoms with E-state index in [0.29, 0.717) is 24.4 Å². The summed E-state index contributed by atoms with van der Waals surface area (Å²) in [7, 11) is 0. The second kappa shape index (κ2) is 7.73. The largest absolute Gasteiger partial charge is 0.480 e. The molecule has 0 spiro atoms. The number of amides is 1. The third-order valence-corrected chi connectivity index (χ3v) is 5.33. The van der Waals surface area contributed by atoms with Gasteiger partial charge in [0.1, 0.15) is 11.2 Å². The van der Waals surface area contributed by atoms with Gasteiger partial charge in [0.15, 0.2) is 0 Å². The lowest BCUT2D eigenvalue weighted by atomic mass is 9.75. The number of nitrogens with one attached hydrogen (secondary N) is 1. The van der Waals surface area contributed by atoms with Crippen LogP contribution in [0.4, 0.5) is 0 Å². The maximum absolute atomic E-state index is 12.7. The van der Waals surface area contributed by atoms with Gasteiger partial charge in [-0.1, -0.05) is 31.5 Å². The van der Waals surface area contributed by atoms with E-state index in [-0.39, 0.29) is 11.3 Å². The van der Waals surface area contributed by atoms with Gasteiger partial charge in [-0.15, -0.1) is 0 Å². The van der Waals surface area contributed by atoms with E-state index in [2.05, 4.69) is 17.3 Å². The summed E-state index contributed by atoms with van der Waals surface area (Å²) < 4.78 is 1.14. The molecule has 0 aliphatic heterocycles. The van der Waals surface area contributed by atoms with Crippen molar-refractivity contribution >= 4 is 11.9 Å². The quantitative estimate of drug-likeness (QED) is 0.843. The van der Waals surface area contributed by atoms with Crippen LogP contribution in [0.3, 0.4) is 0 Å². The molecule has 142 valence electrons. The van der Waals surface area contributed by atoms with Gasteiger partial charge in [0.2, 0.25) is 0 Å². The molecule has 0 bridgehead atoms. The monoisotopic (exact) mass is 369 g/mol. The van der Waals surface area contributed by atoms with Gasteiger partial charge in [-0.05, 0) is 49.8 Å². The number of carbonyl (C=O) groups excluding carboxylic acids is 1. The number of carboxylic acids is 1. The fourth-order valence-electron chi connectivity index (χ4n) is 3.54. The molecule has 0 radical (unpaired) electrons. The van der Waals surface area contributed by atoms with Crippen molar-refractivity contribution in [3.8, 4) is 5.69 Å². The van der Waals surface area contributed by atoms with Crippen LogP contribution in [0.2, 0.25) is 0 Å². The van der Waals surface area contributed by atoms with Crippen LogP contribution in [-0.2, 0) is 4.79 Å². The van der Waals surface area contributed by atoms with Gasteiger partial charge >= 0.3 is 5.97 Å². The van der Waals surface area contributed by atoms with Gasteiger partial charge in [0.05, 0.1) is 5.69 Å². The average Bonchev–Trinajstić information content (AvgIpc) is 2.69. The van der Waals surface area contributed by atoms with E-state index in [1.807, 2.05) is 6.07 Å². The molecule has 1 heterocycles. The van der Waals surface area contributed by atoms with Crippen LogP contribution in [0.25, 0.3) is 5.69 Å². The molecule has 1 amide bonds. The molecule has 1 fully saturated rings. The first-order valence-electron chi connectivity index (χ1n) is 9.17. The van der Waals surface area contributed by atoms with Crippen LogP contribution < -0.4 is 10.9 Å². The number of carboxylic acid groups (broad SMARTS) is 1. The predicted molar refractivity (Wildman–Crippen MR) is 99.9 cm³/mol. The van der Waals surface area contributed by atoms with E-state index < -0.39 is 17.4 Å². The molecule has 1 saturated carbocycles. The molecule has 2 N–H and O–H groups in total. The first kappa shape index (κ1) is 18.8. The minimum absolute atomic E-state index is 0.0108. The van der Waals surface area contributed by atoms with Gasteiger partial charge in [-0.2, -0.15) is 9.78 Å². The number of rotatable bonds is 5. The second-order valence-electron chi connectivity index (χ2n) is 7.00. The molecule has 7 heteroatoms. The summed E-state index contributed by atoms with van der Waals surface area (Å²) in [5.74, 6) is -1.12. The van der Waals surface area contributed by atoms with E-state index in [4.69, 9.17) is 0 Å². The van der Waals surface area contributed by atoms with E-state index in [0.717, 1.165) is 23.9 Å². The number of aliphatic carboxylic acids is 1. The Kier molecular flexibility index (Phi) is 5.39. The lowest BCUT2D eigenvalue weighted by molar-refractivity contribution is -0.146. The standard InChI is InChI=1S/C20H23N3O4/c1-2-14-10-12-20(13-11-14,19(26)27)21-18(25)16-8-9-17(24)23(22-16)15-6-4-3-5-7-15/h3-9,14H,2,10-13H2,1H3,(H,21,25)(H,26,27). The Balaban J connectivity index is 1.85. The highest BCUT2D eigenvalue weighted by Crippen LogP contribution is 2.34. The van der Waals surface area contributed by atoms with Crippen LogP contribution in [0, 0.1) is 5.92 Å². The van der Waals surface area contributed by atoms with Crippen LogP contribution in [-0.4, -0.2) is 32.3 Å². The first-order valence-corrected chi connectivity index (χ1v) is 9.17. The fourth-order valence-corrected chi connectivity index (χ4v) is 3.54. The topological polar surface area (TPSA) is 101 Å². The zero-order chi connectivity index (χ0) is 19.4. The lowest BCUT2D eigenvalue weighted by Gasteiger charge is -2.37. The van der Waals surface area contributed by atoms with Crippen LogP contribution in [0.5, 0.6) is 0 Å². The van der Waals surface area contributed by atoms with Crippen molar-refractivity contribution in [3.05, 3.63) is 58.5 Å². The minimum Gasteiger partial charge on any atom is -0.480 e. The Hall–Kier alpha value is -2.96. The third-order valence-electron chi connectivity index (χ3n) is 5.33. The first-order chi connectivity index (χ1) is 12.9. The van der Waals surface area contributed by atoms with Crippen molar-refractivity contribution in [1.82, 2.24) is 15.1 Å². The zero-order valence-electron chi connectivity index (χ0n) is 15.2. The highest BCUT2D eigenvalue weighted by molar-refractivity contribution is 5.96. The summed E-state index contributed by atoms with van der Waals surface area (Å²) >= 11 is 0. The molecule has 0 unspecified atom stereocenters. The highest BCUT2D eigenvalue weighted by atomic mass is 16.4. The zero-order valence-corrected chi connectivity index (χ0v) is 15.2. The van der Waals surface area contributed by atoms with Crippen molar-refractivity contribution in [2.75, 3.05) is 0 Å². The van der Waals surface area contributed by atoms with E-state index in [1.54, 1.807) is 24.3 Å². The summed E-state index contributed by atoms with van der Waals surface area (Å²) in [5.41, 5.74) is -1.10. The van der Waals surface area contributed by atoms with Crippen LogP contribution >= 0.6 is 0 Å². The molecule has 0 saturated heterocycles. The summed E-state index contributed by atoms with van der Waals surface area (Å²) in [4.78, 5) is 36.7. The van der Waals surface area contributed by atoms with Crippen molar-refractivity contribution < 1.29 is 14.7 Å². The molecule has 27 heavy (non-hydrogen) atoms. The Bertz CT molecular complexity index is 884. The lowest BCUT2D eigenvalue weighted by Crippen LogP contribution is -2.56. The molecular weight excluding hydrogens is 346 g/mol. The molecule has 1 aliphatic rings. The molecule has 0 atom stereocenters. The normalized spacial score (nSPS) is 22.2. The molecule has 3 rings (SSSR count). The third kappa shape index (κ3) is 3.92. The average molecular weight is 369 g/mol. The van der Waals surface area contributed by atoms with Crippen molar-refractivity contribution in [2.45, 2.75) is 44.6 Å². The Labute approximate surface area is 157 Å². The molecular formula is C20H23N3O4. The smallest absolute Gasteiger partial charge is 0.329 e. The maximum Gasteiger partial charge on any atom is 0.329 e. The number of para-hydroxylation sites is 1. The SMILES string of the molecule is CCC1CCC(NC(=O)c2ccc(=O)n(-c3ccccc3)n2)(C(=O)O)CC1. The van der Waals surface area contributed by atoms with Crippen molar-refractivity contribution in [2.24, 2.45) is 5.92 Å². The molecule has 1 aromatic heterocycles. The Morgan fingerprint density at radius 1 is 1.19 bits per heavy atom. The van der Waals surface area contributed by atoms with Gasteiger partial charge in [-0.25, -0.2) is 4.79 Å². The number of hydrogen-bond acceptors (Lipinski definition) is 4. The van der Waals surface area contributed by atoms with Gasteiger partial charge in [0, 0.05) is 6.07 Å². The molecule has 2 aromatic rings. The van der Waals surface area contributed by atoms with Gasteiger partial charge in [0.25, 0.3) is 11.5 Å². The predicted octanol–water partition coefficient (Wildman–Crippen LogP) is 2.39. The molecule has 1 aliphatic carbocycles. The van der Waals surface area contributed by atoms with Crippen molar-refractivity contribution in [3.63, 3.8) is 0 Å². The maximum atomic E-state index is 12.7. The van der Waals surface area contributed by atoms with E-state index in [1.165, 1.54) is 12.1 Å². The number of carbonyl (C=O) groups is 2. The summed E-state index contributed by atoms with van der Waals surface area (Å²) in [6, 6.07) is 11.3. The number of benzene rings is 1. The van der Waals surface area contributed by atoms with Gasteiger partial charge < -0.3 is 10.4 Å². The molecule has 1 aromatic carbocycles. The number of nitrogens with zero attached hydrogens (tertiary/aromatic N) is 2. The van der Waals surface area contributed by atoms with Crippen LogP contribution in [0.15, 0.2) is 47.3 Å². The fraction of sp³-hybridized carbons (Fsp3) is 0.400. The van der Waals surface area contributed by atoms with Crippen LogP contribution in [0.1, 0.15) is 49.5 Å². The molecule has 7 nitrogen and oxygen atoms in total. The summed E-state index contributed by atoms with van der Waals surface area (Å²) in [6.45, 7) is 2.09. The Morgan fingerprint density at radius 2 is 1.85 bits per heavy atom. The van der Waals surface area contributed by atoms with E-state index >= 15 is 0 Å². The van der Waals surface area contributed by atoms with Crippen molar-refractivity contribution in [1.29, 1.82) is 0 Å². The number of hydrogen-bond donors (Lipinski definition) is 2. The summed E-state index contributed by atoms with van der Waals surface area (Å²) in [6.07, 6.45) is 3.32. The van der Waals surface area contributed by atoms with E-state index in [9.17, 15) is 19.5 Å². The highest BCUT2D eigenvalue weighted by Gasteiger charge is 2.43. The second-order valence-corrected chi connectivity index (χ2v) is 7.00. The number of aromatic nitrogens is 2. The van der Waals surface area contributed by atoms with Gasteiger partial charge in [-0.3, -0.25) is 9.59 Å². The summed E-state index contributed by atoms with van der Waals surface area (Å²) in [5, 5.41) is 16.5. The minimum atomic E-state index is -1.28.